The fraction of sp³-hybridized carbons (Fsp3) is 0.474. The van der Waals surface area contributed by atoms with E-state index in [-0.39, 0.29) is 18.3 Å². The van der Waals surface area contributed by atoms with Crippen molar-refractivity contribution in [3.63, 3.8) is 0 Å². The van der Waals surface area contributed by atoms with E-state index in [2.05, 4.69) is 20.9 Å². The Bertz CT molecular complexity index is 659. The maximum Gasteiger partial charge on any atom is 0.307 e. The van der Waals surface area contributed by atoms with Crippen LogP contribution < -0.4 is 0 Å². The van der Waals surface area contributed by atoms with Crippen LogP contribution in [0.3, 0.4) is 0 Å². The highest BCUT2D eigenvalue weighted by molar-refractivity contribution is 9.10. The minimum Gasteiger partial charge on any atom is -0.460 e. The predicted octanol–water partition coefficient (Wildman–Crippen LogP) is 5.64. The number of aryl methyl sites for hydroxylation is 1. The van der Waals surface area contributed by atoms with E-state index in [0.717, 1.165) is 15.8 Å². The van der Waals surface area contributed by atoms with Gasteiger partial charge in [0, 0.05) is 4.47 Å². The molecule has 1 aromatic heterocycles. The second-order valence-electron chi connectivity index (χ2n) is 6.21. The Morgan fingerprint density at radius 2 is 2.00 bits per heavy atom. The van der Waals surface area contributed by atoms with Crippen molar-refractivity contribution in [3.05, 3.63) is 52.1 Å². The molecule has 0 fully saturated rings. The number of benzene rings is 1. The summed E-state index contributed by atoms with van der Waals surface area (Å²) in [5.74, 6) is 0.718. The van der Waals surface area contributed by atoms with Crippen LogP contribution in [0.4, 0.5) is 0 Å². The summed E-state index contributed by atoms with van der Waals surface area (Å²) in [6.07, 6.45) is 1.85. The molecule has 0 aliphatic carbocycles. The van der Waals surface area contributed by atoms with Crippen LogP contribution in [0.2, 0.25) is 0 Å². The van der Waals surface area contributed by atoms with Crippen LogP contribution in [0, 0.1) is 6.92 Å². The third kappa shape index (κ3) is 6.48. The van der Waals surface area contributed by atoms with Gasteiger partial charge in [-0.3, -0.25) is 4.79 Å². The first kappa shape index (κ1) is 20.4. The summed E-state index contributed by atoms with van der Waals surface area (Å²) in [6, 6.07) is 7.79. The molecule has 0 N–H and O–H groups in total. The molecule has 1 heterocycles. The maximum absolute atomic E-state index is 12.2. The zero-order valence-corrected chi connectivity index (χ0v) is 16.8. The lowest BCUT2D eigenvalue weighted by atomic mass is 9.95. The Balaban J connectivity index is 0.00000139. The monoisotopic (exact) mass is 395 g/mol. The van der Waals surface area contributed by atoms with Gasteiger partial charge in [-0.15, -0.1) is 0 Å². The average molecular weight is 396 g/mol. The van der Waals surface area contributed by atoms with Crippen molar-refractivity contribution >= 4 is 21.9 Å². The molecule has 132 valence electrons. The third-order valence-electron chi connectivity index (χ3n) is 2.98. The number of hydrogen-bond donors (Lipinski definition) is 0. The summed E-state index contributed by atoms with van der Waals surface area (Å²) < 4.78 is 12.0. The third-order valence-corrected chi connectivity index (χ3v) is 3.47. The number of nitrogens with zero attached hydrogens (tertiary/aromatic N) is 1. The normalized spacial score (nSPS) is 12.1. The fourth-order valence-electron chi connectivity index (χ4n) is 2.15. The highest BCUT2D eigenvalue weighted by atomic mass is 79.9. The zero-order valence-electron chi connectivity index (χ0n) is 15.2. The number of hydrogen-bond acceptors (Lipinski definition) is 4. The SMILES string of the molecule is CC.Cc1cnc(C(CC(=O)OC(C)(C)C)c2cccc(Br)c2)o1. The summed E-state index contributed by atoms with van der Waals surface area (Å²) in [5.41, 5.74) is 0.452. The highest BCUT2D eigenvalue weighted by Gasteiger charge is 2.26. The molecule has 0 radical (unpaired) electrons. The molecule has 0 saturated heterocycles. The van der Waals surface area contributed by atoms with Gasteiger partial charge < -0.3 is 9.15 Å². The molecular formula is C19H26BrNO3. The molecule has 0 saturated carbocycles. The largest absolute Gasteiger partial charge is 0.460 e. The van der Waals surface area contributed by atoms with Crippen molar-refractivity contribution in [1.29, 1.82) is 0 Å². The molecule has 0 spiro atoms. The molecule has 0 bridgehead atoms. The van der Waals surface area contributed by atoms with Crippen LogP contribution in [0.1, 0.15) is 64.2 Å². The van der Waals surface area contributed by atoms with Gasteiger partial charge in [0.1, 0.15) is 11.4 Å². The summed E-state index contributed by atoms with van der Waals surface area (Å²) in [7, 11) is 0. The number of ether oxygens (including phenoxy) is 1. The molecule has 1 atom stereocenters. The molecule has 2 aromatic rings. The van der Waals surface area contributed by atoms with E-state index in [0.29, 0.717) is 5.89 Å². The molecule has 1 unspecified atom stereocenters. The van der Waals surface area contributed by atoms with Gasteiger partial charge in [-0.05, 0) is 45.4 Å². The Morgan fingerprint density at radius 1 is 1.33 bits per heavy atom. The van der Waals surface area contributed by atoms with Gasteiger partial charge in [-0.2, -0.15) is 0 Å². The minimum absolute atomic E-state index is 0.188. The van der Waals surface area contributed by atoms with Gasteiger partial charge in [0.25, 0.3) is 0 Å². The van der Waals surface area contributed by atoms with Crippen LogP contribution in [0.5, 0.6) is 0 Å². The van der Waals surface area contributed by atoms with Gasteiger partial charge in [0.15, 0.2) is 0 Å². The minimum atomic E-state index is -0.509. The molecule has 0 aliphatic heterocycles. The van der Waals surface area contributed by atoms with Crippen molar-refractivity contribution < 1.29 is 13.9 Å². The molecule has 2 rings (SSSR count). The lowest BCUT2D eigenvalue weighted by Crippen LogP contribution is -2.25. The van der Waals surface area contributed by atoms with Gasteiger partial charge in [0.05, 0.1) is 18.5 Å². The van der Waals surface area contributed by atoms with E-state index in [1.54, 1.807) is 6.20 Å². The van der Waals surface area contributed by atoms with E-state index in [4.69, 9.17) is 9.15 Å². The van der Waals surface area contributed by atoms with Crippen molar-refractivity contribution in [1.82, 2.24) is 4.98 Å². The van der Waals surface area contributed by atoms with E-state index >= 15 is 0 Å². The van der Waals surface area contributed by atoms with Crippen molar-refractivity contribution in [2.45, 2.75) is 59.5 Å². The molecule has 5 heteroatoms. The van der Waals surface area contributed by atoms with Crippen molar-refractivity contribution in [2.75, 3.05) is 0 Å². The molecule has 4 nitrogen and oxygen atoms in total. The highest BCUT2D eigenvalue weighted by Crippen LogP contribution is 2.30. The first-order valence-corrected chi connectivity index (χ1v) is 8.93. The van der Waals surface area contributed by atoms with Crippen molar-refractivity contribution in [2.24, 2.45) is 0 Å². The van der Waals surface area contributed by atoms with Gasteiger partial charge in [-0.25, -0.2) is 4.98 Å². The zero-order chi connectivity index (χ0) is 18.3. The lowest BCUT2D eigenvalue weighted by molar-refractivity contribution is -0.155. The van der Waals surface area contributed by atoms with Crippen molar-refractivity contribution in [3.8, 4) is 0 Å². The Morgan fingerprint density at radius 3 is 2.50 bits per heavy atom. The number of halogens is 1. The first-order valence-electron chi connectivity index (χ1n) is 8.14. The van der Waals surface area contributed by atoms with Crippen LogP contribution >= 0.6 is 15.9 Å². The van der Waals surface area contributed by atoms with E-state index in [1.165, 1.54) is 0 Å². The quantitative estimate of drug-likeness (QED) is 0.628. The number of rotatable bonds is 4. The summed E-state index contributed by atoms with van der Waals surface area (Å²) in [5, 5.41) is 0. The molecule has 0 amide bonds. The number of carbonyl (C=O) groups is 1. The average Bonchev–Trinajstić information content (AvgIpc) is 2.91. The number of oxazole rings is 1. The second kappa shape index (κ2) is 9.02. The molecule has 1 aromatic carbocycles. The van der Waals surface area contributed by atoms with Crippen LogP contribution in [-0.4, -0.2) is 16.6 Å². The number of esters is 1. The van der Waals surface area contributed by atoms with Gasteiger partial charge in [-0.1, -0.05) is 41.9 Å². The Hall–Kier alpha value is -1.62. The summed E-state index contributed by atoms with van der Waals surface area (Å²) in [4.78, 5) is 16.5. The summed E-state index contributed by atoms with van der Waals surface area (Å²) in [6.45, 7) is 11.4. The molecule has 0 aliphatic rings. The fourth-order valence-corrected chi connectivity index (χ4v) is 2.57. The van der Waals surface area contributed by atoms with E-state index < -0.39 is 5.60 Å². The van der Waals surface area contributed by atoms with E-state index in [1.807, 2.05) is 65.8 Å². The molecular weight excluding hydrogens is 370 g/mol. The Kier molecular flexibility index (Phi) is 7.67. The first-order chi connectivity index (χ1) is 11.2. The van der Waals surface area contributed by atoms with Crippen LogP contribution in [0.15, 0.2) is 39.4 Å². The predicted molar refractivity (Wildman–Crippen MR) is 99.0 cm³/mol. The summed E-state index contributed by atoms with van der Waals surface area (Å²) >= 11 is 3.46. The smallest absolute Gasteiger partial charge is 0.307 e. The Labute approximate surface area is 152 Å². The lowest BCUT2D eigenvalue weighted by Gasteiger charge is -2.21. The maximum atomic E-state index is 12.2. The standard InChI is InChI=1S/C17H20BrNO3.C2H6/c1-11-10-19-16(21-11)14(9-15(20)22-17(2,3)4)12-6-5-7-13(18)8-12;1-2/h5-8,10,14H,9H2,1-4H3;1-2H3. The van der Waals surface area contributed by atoms with Crippen LogP contribution in [0.25, 0.3) is 0 Å². The van der Waals surface area contributed by atoms with E-state index in [9.17, 15) is 4.79 Å². The molecule has 24 heavy (non-hydrogen) atoms. The van der Waals surface area contributed by atoms with Gasteiger partial charge >= 0.3 is 5.97 Å². The number of aromatic nitrogens is 1. The van der Waals surface area contributed by atoms with Crippen LogP contribution in [-0.2, 0) is 9.53 Å². The number of carbonyl (C=O) groups excluding carboxylic acids is 1. The topological polar surface area (TPSA) is 52.3 Å². The second-order valence-corrected chi connectivity index (χ2v) is 7.12. The van der Waals surface area contributed by atoms with Gasteiger partial charge in [0.2, 0.25) is 5.89 Å².